The van der Waals surface area contributed by atoms with Gasteiger partial charge in [0.2, 0.25) is 5.91 Å². The second kappa shape index (κ2) is 15.5. The molecule has 0 aliphatic heterocycles. The molecule has 0 unspecified atom stereocenters. The number of ether oxygens (including phenoxy) is 3. The summed E-state index contributed by atoms with van der Waals surface area (Å²) in [6.07, 6.45) is 0. The van der Waals surface area contributed by atoms with Gasteiger partial charge in [0.1, 0.15) is 12.3 Å². The van der Waals surface area contributed by atoms with Gasteiger partial charge in [0.15, 0.2) is 5.96 Å². The fourth-order valence-electron chi connectivity index (χ4n) is 1.89. The second-order valence-electron chi connectivity index (χ2n) is 5.70. The number of hydrogen-bond acceptors (Lipinski definition) is 5. The van der Waals surface area contributed by atoms with E-state index in [-0.39, 0.29) is 36.4 Å². The van der Waals surface area contributed by atoms with Gasteiger partial charge in [-0.1, -0.05) is 12.1 Å². The van der Waals surface area contributed by atoms with Crippen LogP contribution in [0.25, 0.3) is 0 Å². The van der Waals surface area contributed by atoms with E-state index in [0.717, 1.165) is 11.3 Å². The van der Waals surface area contributed by atoms with E-state index in [0.29, 0.717) is 38.9 Å². The summed E-state index contributed by atoms with van der Waals surface area (Å²) < 4.78 is 15.8. The van der Waals surface area contributed by atoms with Gasteiger partial charge in [0.25, 0.3) is 0 Å². The van der Waals surface area contributed by atoms with E-state index >= 15 is 0 Å². The van der Waals surface area contributed by atoms with Crippen LogP contribution in [0, 0.1) is 0 Å². The number of nitrogens with one attached hydrogen (secondary N) is 2. The summed E-state index contributed by atoms with van der Waals surface area (Å²) in [6.45, 7) is 2.85. The van der Waals surface area contributed by atoms with Gasteiger partial charge in [0, 0.05) is 34.3 Å². The summed E-state index contributed by atoms with van der Waals surface area (Å²) >= 11 is 0. The Bertz CT molecular complexity index is 553. The maximum absolute atomic E-state index is 11.7. The molecule has 0 atom stereocenters. The highest BCUT2D eigenvalue weighted by atomic mass is 127. The molecule has 0 aliphatic rings. The van der Waals surface area contributed by atoms with Gasteiger partial charge >= 0.3 is 0 Å². The Labute approximate surface area is 178 Å². The lowest BCUT2D eigenvalue weighted by atomic mass is 10.2. The maximum Gasteiger partial charge on any atom is 0.243 e. The SMILES string of the molecule is COCCNC(=NCC(=O)N(C)C)NCCOCc1ccc(OC)cc1.I. The van der Waals surface area contributed by atoms with Gasteiger partial charge in [0.05, 0.1) is 26.9 Å². The molecule has 0 aliphatic carbocycles. The minimum absolute atomic E-state index is 0. The number of likely N-dealkylation sites (N-methyl/N-ethyl adjacent to an activating group) is 1. The van der Waals surface area contributed by atoms with Crippen molar-refractivity contribution in [1.29, 1.82) is 0 Å². The summed E-state index contributed by atoms with van der Waals surface area (Å²) in [4.78, 5) is 17.4. The monoisotopic (exact) mass is 494 g/mol. The highest BCUT2D eigenvalue weighted by Gasteiger charge is 2.04. The van der Waals surface area contributed by atoms with Crippen LogP contribution in [-0.2, 0) is 20.9 Å². The van der Waals surface area contributed by atoms with Crippen LogP contribution < -0.4 is 15.4 Å². The van der Waals surface area contributed by atoms with Gasteiger partial charge in [-0.05, 0) is 17.7 Å². The quantitative estimate of drug-likeness (QED) is 0.208. The van der Waals surface area contributed by atoms with E-state index in [1.807, 2.05) is 24.3 Å². The van der Waals surface area contributed by atoms with Crippen molar-refractivity contribution in [2.75, 3.05) is 61.2 Å². The zero-order valence-corrected chi connectivity index (χ0v) is 18.8. The number of halogens is 1. The molecule has 0 saturated carbocycles. The molecule has 0 spiro atoms. The van der Waals surface area contributed by atoms with Crippen LogP contribution in [0.15, 0.2) is 29.3 Å². The highest BCUT2D eigenvalue weighted by molar-refractivity contribution is 14.0. The normalized spacial score (nSPS) is 10.7. The maximum atomic E-state index is 11.7. The van der Waals surface area contributed by atoms with Crippen molar-refractivity contribution in [2.24, 2.45) is 4.99 Å². The van der Waals surface area contributed by atoms with Crippen molar-refractivity contribution in [3.8, 4) is 5.75 Å². The molecule has 1 rings (SSSR count). The smallest absolute Gasteiger partial charge is 0.243 e. The van der Waals surface area contributed by atoms with Crippen LogP contribution in [0.4, 0.5) is 0 Å². The Balaban J connectivity index is 0.00000676. The summed E-state index contributed by atoms with van der Waals surface area (Å²) in [5.41, 5.74) is 1.08. The minimum Gasteiger partial charge on any atom is -0.497 e. The number of hydrogen-bond donors (Lipinski definition) is 2. The van der Waals surface area contributed by atoms with Crippen molar-refractivity contribution < 1.29 is 19.0 Å². The molecule has 0 heterocycles. The van der Waals surface area contributed by atoms with Crippen molar-refractivity contribution in [1.82, 2.24) is 15.5 Å². The molecule has 0 radical (unpaired) electrons. The molecule has 27 heavy (non-hydrogen) atoms. The molecule has 154 valence electrons. The summed E-state index contributed by atoms with van der Waals surface area (Å²) in [5.74, 6) is 1.32. The van der Waals surface area contributed by atoms with Gasteiger partial charge in [-0.2, -0.15) is 0 Å². The molecular weight excluding hydrogens is 463 g/mol. The van der Waals surface area contributed by atoms with Gasteiger partial charge in [-0.3, -0.25) is 4.79 Å². The van der Waals surface area contributed by atoms with Crippen molar-refractivity contribution in [3.05, 3.63) is 29.8 Å². The molecule has 2 N–H and O–H groups in total. The Hall–Kier alpha value is -1.59. The third kappa shape index (κ3) is 11.7. The number of aliphatic imine (C=N–C) groups is 1. The lowest BCUT2D eigenvalue weighted by Crippen LogP contribution is -2.41. The first-order valence-electron chi connectivity index (χ1n) is 8.48. The molecule has 1 amide bonds. The first kappa shape index (κ1) is 25.4. The number of methoxy groups -OCH3 is 2. The minimum atomic E-state index is -0.0615. The largest absolute Gasteiger partial charge is 0.497 e. The highest BCUT2D eigenvalue weighted by Crippen LogP contribution is 2.11. The van der Waals surface area contributed by atoms with E-state index in [2.05, 4.69) is 15.6 Å². The predicted octanol–water partition coefficient (Wildman–Crippen LogP) is 1.10. The lowest BCUT2D eigenvalue weighted by molar-refractivity contribution is -0.127. The number of carbonyl (C=O) groups is 1. The summed E-state index contributed by atoms with van der Waals surface area (Å²) in [7, 11) is 6.68. The van der Waals surface area contributed by atoms with Crippen LogP contribution >= 0.6 is 24.0 Å². The first-order chi connectivity index (χ1) is 12.6. The molecule has 0 aromatic heterocycles. The third-order valence-corrected chi connectivity index (χ3v) is 3.44. The molecule has 1 aromatic carbocycles. The second-order valence-corrected chi connectivity index (χ2v) is 5.70. The Morgan fingerprint density at radius 1 is 1.07 bits per heavy atom. The number of amides is 1. The average molecular weight is 494 g/mol. The molecule has 9 heteroatoms. The molecule has 0 bridgehead atoms. The summed E-state index contributed by atoms with van der Waals surface area (Å²) in [6, 6.07) is 7.75. The van der Waals surface area contributed by atoms with E-state index in [4.69, 9.17) is 14.2 Å². The lowest BCUT2D eigenvalue weighted by Gasteiger charge is -2.13. The van der Waals surface area contributed by atoms with Crippen LogP contribution in [0.5, 0.6) is 5.75 Å². The Morgan fingerprint density at radius 2 is 1.70 bits per heavy atom. The number of benzene rings is 1. The van der Waals surface area contributed by atoms with E-state index in [1.165, 1.54) is 4.90 Å². The first-order valence-corrected chi connectivity index (χ1v) is 8.48. The fourth-order valence-corrected chi connectivity index (χ4v) is 1.89. The fraction of sp³-hybridized carbons (Fsp3) is 0.556. The van der Waals surface area contributed by atoms with E-state index < -0.39 is 0 Å². The molecule has 0 saturated heterocycles. The Morgan fingerprint density at radius 3 is 2.26 bits per heavy atom. The average Bonchev–Trinajstić information content (AvgIpc) is 2.65. The van der Waals surface area contributed by atoms with Crippen LogP contribution in [-0.4, -0.2) is 77.9 Å². The van der Waals surface area contributed by atoms with Crippen LogP contribution in [0.3, 0.4) is 0 Å². The van der Waals surface area contributed by atoms with Crippen molar-refractivity contribution in [2.45, 2.75) is 6.61 Å². The molecule has 8 nitrogen and oxygen atoms in total. The van der Waals surface area contributed by atoms with Crippen LogP contribution in [0.2, 0.25) is 0 Å². The molecule has 1 aromatic rings. The topological polar surface area (TPSA) is 84.4 Å². The number of carbonyl (C=O) groups excluding carboxylic acids is 1. The van der Waals surface area contributed by atoms with Gasteiger partial charge in [-0.15, -0.1) is 24.0 Å². The Kier molecular flexibility index (Phi) is 14.6. The zero-order chi connectivity index (χ0) is 19.2. The molecule has 0 fully saturated rings. The van der Waals surface area contributed by atoms with Crippen LogP contribution in [0.1, 0.15) is 5.56 Å². The van der Waals surface area contributed by atoms with Gasteiger partial charge in [-0.25, -0.2) is 4.99 Å². The standard InChI is InChI=1S/C18H30N4O4.HI/c1-22(2)17(23)13-21-18(19-9-11-24-3)20-10-12-26-14-15-5-7-16(25-4)8-6-15;/h5-8H,9-14H2,1-4H3,(H2,19,20,21);1H. The zero-order valence-electron chi connectivity index (χ0n) is 16.5. The number of guanidine groups is 1. The summed E-state index contributed by atoms with van der Waals surface area (Å²) in [5, 5.41) is 6.25. The van der Waals surface area contributed by atoms with Crippen molar-refractivity contribution >= 4 is 35.8 Å². The predicted molar refractivity (Wildman–Crippen MR) is 117 cm³/mol. The van der Waals surface area contributed by atoms with E-state index in [9.17, 15) is 4.79 Å². The third-order valence-electron chi connectivity index (χ3n) is 3.44. The van der Waals surface area contributed by atoms with E-state index in [1.54, 1.807) is 28.3 Å². The number of nitrogens with zero attached hydrogens (tertiary/aromatic N) is 2. The van der Waals surface area contributed by atoms with Gasteiger partial charge < -0.3 is 29.7 Å². The molecular formula is C18H31IN4O4. The number of rotatable bonds is 11. The van der Waals surface area contributed by atoms with Crippen molar-refractivity contribution in [3.63, 3.8) is 0 Å².